The molecule has 1 heterocycles. The van der Waals surface area contributed by atoms with E-state index < -0.39 is 0 Å². The molecule has 0 saturated carbocycles. The average molecular weight is 258 g/mol. The third kappa shape index (κ3) is 2.93. The van der Waals surface area contributed by atoms with E-state index in [1.54, 1.807) is 24.3 Å². The molecular formula is C14H18N4O. The number of nitrogens with one attached hydrogen (secondary N) is 1. The van der Waals surface area contributed by atoms with Gasteiger partial charge in [-0.05, 0) is 45.0 Å². The lowest BCUT2D eigenvalue weighted by molar-refractivity contribution is 0.102. The number of carbonyl (C=O) groups is 1. The Bertz CT molecular complexity index is 584. The molecule has 0 fully saturated rings. The number of hydrogen-bond acceptors (Lipinski definition) is 3. The predicted octanol–water partition coefficient (Wildman–Crippen LogP) is 2.61. The number of aromatic nitrogens is 2. The van der Waals surface area contributed by atoms with E-state index in [0.29, 0.717) is 17.1 Å². The van der Waals surface area contributed by atoms with Crippen LogP contribution in [-0.2, 0) is 0 Å². The van der Waals surface area contributed by atoms with Crippen molar-refractivity contribution in [3.63, 3.8) is 0 Å². The molecule has 0 spiro atoms. The van der Waals surface area contributed by atoms with Crippen LogP contribution in [0.4, 0.5) is 11.5 Å². The van der Waals surface area contributed by atoms with Crippen LogP contribution in [0.15, 0.2) is 30.3 Å². The maximum atomic E-state index is 12.0. The van der Waals surface area contributed by atoms with Gasteiger partial charge in [-0.15, -0.1) is 0 Å². The highest BCUT2D eigenvalue weighted by Gasteiger charge is 2.11. The van der Waals surface area contributed by atoms with Crippen LogP contribution in [-0.4, -0.2) is 15.7 Å². The van der Waals surface area contributed by atoms with Crippen molar-refractivity contribution in [2.24, 2.45) is 0 Å². The summed E-state index contributed by atoms with van der Waals surface area (Å²) in [5.41, 5.74) is 7.80. The number of rotatable bonds is 3. The highest BCUT2D eigenvalue weighted by atomic mass is 16.1. The van der Waals surface area contributed by atoms with Gasteiger partial charge in [-0.2, -0.15) is 5.10 Å². The molecule has 0 saturated heterocycles. The first-order valence-corrected chi connectivity index (χ1v) is 6.20. The third-order valence-electron chi connectivity index (χ3n) is 2.83. The van der Waals surface area contributed by atoms with Gasteiger partial charge in [-0.1, -0.05) is 0 Å². The number of anilines is 2. The Morgan fingerprint density at radius 3 is 2.47 bits per heavy atom. The van der Waals surface area contributed by atoms with Gasteiger partial charge in [-0.25, -0.2) is 0 Å². The normalized spacial score (nSPS) is 10.7. The first-order valence-electron chi connectivity index (χ1n) is 6.20. The minimum absolute atomic E-state index is 0.187. The van der Waals surface area contributed by atoms with Crippen LogP contribution in [0.1, 0.15) is 35.9 Å². The zero-order valence-electron chi connectivity index (χ0n) is 11.3. The number of nitrogen functional groups attached to an aromatic ring is 1. The molecule has 19 heavy (non-hydrogen) atoms. The summed E-state index contributed by atoms with van der Waals surface area (Å²) in [4.78, 5) is 12.0. The summed E-state index contributed by atoms with van der Waals surface area (Å²) in [7, 11) is 0. The van der Waals surface area contributed by atoms with Crippen LogP contribution < -0.4 is 11.1 Å². The van der Waals surface area contributed by atoms with Gasteiger partial charge >= 0.3 is 0 Å². The smallest absolute Gasteiger partial charge is 0.256 e. The Kier molecular flexibility index (Phi) is 3.55. The first-order chi connectivity index (χ1) is 8.97. The fourth-order valence-corrected chi connectivity index (χ4v) is 1.89. The fraction of sp³-hybridized carbons (Fsp3) is 0.286. The lowest BCUT2D eigenvalue weighted by Crippen LogP contribution is -2.13. The van der Waals surface area contributed by atoms with Crippen molar-refractivity contribution >= 4 is 17.4 Å². The van der Waals surface area contributed by atoms with E-state index in [9.17, 15) is 4.79 Å². The van der Waals surface area contributed by atoms with Crippen molar-refractivity contribution in [2.75, 3.05) is 11.1 Å². The van der Waals surface area contributed by atoms with Crippen molar-refractivity contribution in [1.29, 1.82) is 0 Å². The lowest BCUT2D eigenvalue weighted by Gasteiger charge is -2.07. The number of carbonyl (C=O) groups excluding carboxylic acids is 1. The molecule has 2 rings (SSSR count). The highest BCUT2D eigenvalue weighted by Crippen LogP contribution is 2.15. The number of nitrogens with zero attached hydrogens (tertiary/aromatic N) is 2. The first kappa shape index (κ1) is 13.1. The minimum Gasteiger partial charge on any atom is -0.399 e. The molecule has 0 aliphatic heterocycles. The van der Waals surface area contributed by atoms with Crippen LogP contribution >= 0.6 is 0 Å². The number of hydrogen-bond donors (Lipinski definition) is 2. The van der Waals surface area contributed by atoms with Crippen molar-refractivity contribution in [3.05, 3.63) is 41.6 Å². The largest absolute Gasteiger partial charge is 0.399 e. The number of benzene rings is 1. The molecule has 0 radical (unpaired) electrons. The molecule has 5 heteroatoms. The summed E-state index contributed by atoms with van der Waals surface area (Å²) in [5.74, 6) is 0.376. The van der Waals surface area contributed by atoms with Crippen LogP contribution in [0.2, 0.25) is 0 Å². The van der Waals surface area contributed by atoms with Crippen molar-refractivity contribution in [3.8, 4) is 0 Å². The molecule has 1 aromatic carbocycles. The molecule has 0 bridgehead atoms. The van der Waals surface area contributed by atoms with E-state index in [1.807, 2.05) is 31.5 Å². The summed E-state index contributed by atoms with van der Waals surface area (Å²) in [5, 5.41) is 7.13. The van der Waals surface area contributed by atoms with Crippen LogP contribution in [0.5, 0.6) is 0 Å². The molecule has 1 aromatic heterocycles. The maximum Gasteiger partial charge on any atom is 0.256 e. The van der Waals surface area contributed by atoms with Gasteiger partial charge in [0.2, 0.25) is 0 Å². The Balaban J connectivity index is 2.15. The molecule has 1 amide bonds. The summed E-state index contributed by atoms with van der Waals surface area (Å²) >= 11 is 0. The molecule has 0 aliphatic rings. The highest BCUT2D eigenvalue weighted by molar-refractivity contribution is 6.03. The van der Waals surface area contributed by atoms with Crippen molar-refractivity contribution in [2.45, 2.75) is 26.8 Å². The zero-order chi connectivity index (χ0) is 14.0. The Morgan fingerprint density at radius 2 is 1.95 bits per heavy atom. The second kappa shape index (κ2) is 5.14. The standard InChI is InChI=1S/C14H18N4O/c1-9(2)18-10(3)8-13(17-18)16-14(19)11-4-6-12(15)7-5-11/h4-9H,15H2,1-3H3,(H,16,17,19). The second-order valence-electron chi connectivity index (χ2n) is 4.79. The predicted molar refractivity (Wildman–Crippen MR) is 76.2 cm³/mol. The van der Waals surface area contributed by atoms with Gasteiger partial charge in [0.25, 0.3) is 5.91 Å². The topological polar surface area (TPSA) is 72.9 Å². The Morgan fingerprint density at radius 1 is 1.32 bits per heavy atom. The summed E-state index contributed by atoms with van der Waals surface area (Å²) in [6.07, 6.45) is 0. The quantitative estimate of drug-likeness (QED) is 0.831. The molecule has 100 valence electrons. The van der Waals surface area contributed by atoms with E-state index in [1.165, 1.54) is 0 Å². The van der Waals surface area contributed by atoms with Gasteiger partial charge in [0.05, 0.1) is 0 Å². The van der Waals surface area contributed by atoms with Crippen LogP contribution in [0, 0.1) is 6.92 Å². The Labute approximate surface area is 112 Å². The van der Waals surface area contributed by atoms with E-state index >= 15 is 0 Å². The SMILES string of the molecule is Cc1cc(NC(=O)c2ccc(N)cc2)nn1C(C)C. The van der Waals surface area contributed by atoms with Crippen LogP contribution in [0.25, 0.3) is 0 Å². The van der Waals surface area contributed by atoms with Gasteiger partial charge in [-0.3, -0.25) is 9.48 Å². The molecule has 3 N–H and O–H groups in total. The van der Waals surface area contributed by atoms with E-state index in [2.05, 4.69) is 10.4 Å². The number of aryl methyl sites for hydroxylation is 1. The molecular weight excluding hydrogens is 240 g/mol. The molecule has 0 atom stereocenters. The fourth-order valence-electron chi connectivity index (χ4n) is 1.89. The van der Waals surface area contributed by atoms with Crippen molar-refractivity contribution in [1.82, 2.24) is 9.78 Å². The minimum atomic E-state index is -0.187. The van der Waals surface area contributed by atoms with E-state index in [4.69, 9.17) is 5.73 Å². The molecule has 5 nitrogen and oxygen atoms in total. The zero-order valence-corrected chi connectivity index (χ0v) is 11.3. The van der Waals surface area contributed by atoms with Gasteiger partial charge < -0.3 is 11.1 Å². The van der Waals surface area contributed by atoms with E-state index in [0.717, 1.165) is 5.69 Å². The monoisotopic (exact) mass is 258 g/mol. The third-order valence-corrected chi connectivity index (χ3v) is 2.83. The molecule has 2 aromatic rings. The average Bonchev–Trinajstić information content (AvgIpc) is 2.71. The molecule has 0 unspecified atom stereocenters. The summed E-state index contributed by atoms with van der Waals surface area (Å²) < 4.78 is 1.87. The number of amides is 1. The number of nitrogens with two attached hydrogens (primary N) is 1. The maximum absolute atomic E-state index is 12.0. The lowest BCUT2D eigenvalue weighted by atomic mass is 10.2. The van der Waals surface area contributed by atoms with Crippen LogP contribution in [0.3, 0.4) is 0 Å². The summed E-state index contributed by atoms with van der Waals surface area (Å²) in [6.45, 7) is 6.06. The van der Waals surface area contributed by atoms with Gasteiger partial charge in [0, 0.05) is 29.1 Å². The Hall–Kier alpha value is -2.30. The second-order valence-corrected chi connectivity index (χ2v) is 4.79. The summed E-state index contributed by atoms with van der Waals surface area (Å²) in [6, 6.07) is 8.91. The molecule has 0 aliphatic carbocycles. The van der Waals surface area contributed by atoms with Gasteiger partial charge in [0.1, 0.15) is 0 Å². The van der Waals surface area contributed by atoms with Crippen molar-refractivity contribution < 1.29 is 4.79 Å². The van der Waals surface area contributed by atoms with Gasteiger partial charge in [0.15, 0.2) is 5.82 Å². The van der Waals surface area contributed by atoms with E-state index in [-0.39, 0.29) is 11.9 Å².